The van der Waals surface area contributed by atoms with Crippen LogP contribution in [0.4, 0.5) is 25.8 Å². The fourth-order valence-electron chi connectivity index (χ4n) is 2.23. The molecule has 2 aromatic carbocycles. The second-order valence-corrected chi connectivity index (χ2v) is 5.20. The molecule has 0 bridgehead atoms. The van der Waals surface area contributed by atoms with Gasteiger partial charge in [-0.25, -0.2) is 8.78 Å². The summed E-state index contributed by atoms with van der Waals surface area (Å²) < 4.78 is 26.7. The Balaban J connectivity index is 2.23. The Labute approximate surface area is 138 Å². The van der Waals surface area contributed by atoms with Gasteiger partial charge in [0.15, 0.2) is 5.82 Å². The Kier molecular flexibility index (Phi) is 6.34. The summed E-state index contributed by atoms with van der Waals surface area (Å²) in [6.07, 6.45) is 0. The van der Waals surface area contributed by atoms with Gasteiger partial charge in [0.1, 0.15) is 11.5 Å². The number of benzene rings is 2. The Morgan fingerprint density at radius 3 is 2.21 bits per heavy atom. The van der Waals surface area contributed by atoms with Crippen LogP contribution in [0.25, 0.3) is 0 Å². The van der Waals surface area contributed by atoms with Crippen molar-refractivity contribution in [3.63, 3.8) is 0 Å². The zero-order chi connectivity index (χ0) is 17.5. The highest BCUT2D eigenvalue weighted by Gasteiger charge is 2.08. The number of rotatable bonds is 7. The predicted molar refractivity (Wildman–Crippen MR) is 88.1 cm³/mol. The number of aliphatic hydroxyl groups excluding tert-OH is 2. The lowest BCUT2D eigenvalue weighted by molar-refractivity contribution is 0.281. The summed E-state index contributed by atoms with van der Waals surface area (Å²) in [5.74, 6) is -1.23. The number of aliphatic hydroxyl groups is 2. The van der Waals surface area contributed by atoms with Crippen molar-refractivity contribution in [1.29, 1.82) is 0 Å². The third-order valence-electron chi connectivity index (χ3n) is 3.46. The van der Waals surface area contributed by atoms with E-state index in [4.69, 9.17) is 10.2 Å². The van der Waals surface area contributed by atoms with Gasteiger partial charge >= 0.3 is 0 Å². The molecule has 5 nitrogen and oxygen atoms in total. The molecule has 0 unspecified atom stereocenters. The van der Waals surface area contributed by atoms with Gasteiger partial charge in [-0.2, -0.15) is 5.11 Å². The molecule has 2 rings (SSSR count). The number of nitrogens with zero attached hydrogens (tertiary/aromatic N) is 3. The van der Waals surface area contributed by atoms with Gasteiger partial charge < -0.3 is 15.1 Å². The second kappa shape index (κ2) is 8.47. The van der Waals surface area contributed by atoms with Crippen LogP contribution in [0.1, 0.15) is 5.56 Å². The Bertz CT molecular complexity index is 717. The van der Waals surface area contributed by atoms with Crippen LogP contribution >= 0.6 is 0 Å². The van der Waals surface area contributed by atoms with Gasteiger partial charge in [0.05, 0.1) is 18.9 Å². The van der Waals surface area contributed by atoms with Gasteiger partial charge in [-0.1, -0.05) is 0 Å². The highest BCUT2D eigenvalue weighted by molar-refractivity contribution is 5.57. The van der Waals surface area contributed by atoms with E-state index in [2.05, 4.69) is 10.2 Å². The molecule has 2 aromatic rings. The van der Waals surface area contributed by atoms with Gasteiger partial charge in [0.2, 0.25) is 0 Å². The number of hydrogen-bond acceptors (Lipinski definition) is 5. The molecule has 0 aliphatic heterocycles. The minimum Gasteiger partial charge on any atom is -0.395 e. The molecule has 128 valence electrons. The van der Waals surface area contributed by atoms with E-state index in [9.17, 15) is 8.78 Å². The summed E-state index contributed by atoms with van der Waals surface area (Å²) in [7, 11) is 0. The smallest absolute Gasteiger partial charge is 0.150 e. The standard InChI is InChI=1S/C17H19F2N3O2/c1-12-10-14(22(6-8-23)7-9-24)3-5-16(12)20-21-17-11-13(18)2-4-15(17)19/h2-5,10-11,23-24H,6-9H2,1H3. The highest BCUT2D eigenvalue weighted by Crippen LogP contribution is 2.27. The average Bonchev–Trinajstić information content (AvgIpc) is 2.56. The number of azo groups is 1. The molecule has 0 aliphatic rings. The second-order valence-electron chi connectivity index (χ2n) is 5.20. The molecule has 0 fully saturated rings. The van der Waals surface area contributed by atoms with E-state index in [1.54, 1.807) is 12.1 Å². The van der Waals surface area contributed by atoms with Crippen LogP contribution in [-0.2, 0) is 0 Å². The highest BCUT2D eigenvalue weighted by atomic mass is 19.1. The molecule has 0 aliphatic carbocycles. The molecule has 2 N–H and O–H groups in total. The van der Waals surface area contributed by atoms with Crippen LogP contribution in [0, 0.1) is 18.6 Å². The summed E-state index contributed by atoms with van der Waals surface area (Å²) in [6.45, 7) is 2.55. The zero-order valence-corrected chi connectivity index (χ0v) is 13.3. The third-order valence-corrected chi connectivity index (χ3v) is 3.46. The lowest BCUT2D eigenvalue weighted by Gasteiger charge is -2.23. The first-order valence-corrected chi connectivity index (χ1v) is 7.49. The van der Waals surface area contributed by atoms with Crippen molar-refractivity contribution in [2.24, 2.45) is 10.2 Å². The van der Waals surface area contributed by atoms with E-state index in [0.29, 0.717) is 18.8 Å². The minimum absolute atomic E-state index is 0.0284. The molecule has 0 saturated heterocycles. The number of halogens is 2. The molecular weight excluding hydrogens is 316 g/mol. The normalized spacial score (nSPS) is 11.2. The average molecular weight is 335 g/mol. The van der Waals surface area contributed by atoms with Crippen molar-refractivity contribution in [1.82, 2.24) is 0 Å². The lowest BCUT2D eigenvalue weighted by Crippen LogP contribution is -2.29. The van der Waals surface area contributed by atoms with Crippen LogP contribution in [-0.4, -0.2) is 36.5 Å². The van der Waals surface area contributed by atoms with Crippen molar-refractivity contribution in [3.8, 4) is 0 Å². The summed E-state index contributed by atoms with van der Waals surface area (Å²) in [6, 6.07) is 8.31. The maximum atomic E-state index is 13.5. The van der Waals surface area contributed by atoms with E-state index in [-0.39, 0.29) is 18.9 Å². The van der Waals surface area contributed by atoms with Crippen molar-refractivity contribution < 1.29 is 19.0 Å². The van der Waals surface area contributed by atoms with Crippen molar-refractivity contribution in [3.05, 3.63) is 53.6 Å². The number of hydrogen-bond donors (Lipinski definition) is 2. The molecule has 0 saturated carbocycles. The Morgan fingerprint density at radius 1 is 0.917 bits per heavy atom. The van der Waals surface area contributed by atoms with Crippen LogP contribution < -0.4 is 4.90 Å². The predicted octanol–water partition coefficient (Wildman–Crippen LogP) is 3.48. The fourth-order valence-corrected chi connectivity index (χ4v) is 2.23. The van der Waals surface area contributed by atoms with Gasteiger partial charge in [0.25, 0.3) is 0 Å². The minimum atomic E-state index is -0.647. The monoisotopic (exact) mass is 335 g/mol. The van der Waals surface area contributed by atoms with E-state index in [1.165, 1.54) is 0 Å². The molecule has 24 heavy (non-hydrogen) atoms. The summed E-state index contributed by atoms with van der Waals surface area (Å²) >= 11 is 0. The fraction of sp³-hybridized carbons (Fsp3) is 0.294. The Hall–Kier alpha value is -2.38. The molecule has 0 radical (unpaired) electrons. The summed E-state index contributed by atoms with van der Waals surface area (Å²) in [5, 5.41) is 25.9. The quantitative estimate of drug-likeness (QED) is 0.761. The molecule has 0 heterocycles. The van der Waals surface area contributed by atoms with Gasteiger partial charge in [-0.05, 0) is 42.8 Å². The van der Waals surface area contributed by atoms with Gasteiger partial charge in [-0.3, -0.25) is 0 Å². The Morgan fingerprint density at radius 2 is 1.58 bits per heavy atom. The van der Waals surface area contributed by atoms with Crippen LogP contribution in [0.15, 0.2) is 46.6 Å². The van der Waals surface area contributed by atoms with Gasteiger partial charge in [0, 0.05) is 24.8 Å². The van der Waals surface area contributed by atoms with Crippen molar-refractivity contribution >= 4 is 17.1 Å². The van der Waals surface area contributed by atoms with Crippen molar-refractivity contribution in [2.75, 3.05) is 31.2 Å². The third kappa shape index (κ3) is 4.56. The van der Waals surface area contributed by atoms with Gasteiger partial charge in [-0.15, -0.1) is 5.11 Å². The largest absolute Gasteiger partial charge is 0.395 e. The van der Waals surface area contributed by atoms with E-state index in [0.717, 1.165) is 29.4 Å². The maximum absolute atomic E-state index is 13.5. The number of anilines is 1. The number of aryl methyl sites for hydroxylation is 1. The van der Waals surface area contributed by atoms with Crippen LogP contribution in [0.3, 0.4) is 0 Å². The summed E-state index contributed by atoms with van der Waals surface area (Å²) in [5.41, 5.74) is 1.97. The van der Waals surface area contributed by atoms with Crippen LogP contribution in [0.2, 0.25) is 0 Å². The zero-order valence-electron chi connectivity index (χ0n) is 13.3. The first kappa shape index (κ1) is 18.0. The first-order valence-electron chi connectivity index (χ1n) is 7.49. The maximum Gasteiger partial charge on any atom is 0.150 e. The molecule has 0 amide bonds. The van der Waals surface area contributed by atoms with E-state index in [1.807, 2.05) is 17.9 Å². The van der Waals surface area contributed by atoms with E-state index >= 15 is 0 Å². The SMILES string of the molecule is Cc1cc(N(CCO)CCO)ccc1N=Nc1cc(F)ccc1F. The molecular formula is C17H19F2N3O2. The first-order chi connectivity index (χ1) is 11.5. The van der Waals surface area contributed by atoms with E-state index < -0.39 is 11.6 Å². The summed E-state index contributed by atoms with van der Waals surface area (Å²) in [4.78, 5) is 1.83. The lowest BCUT2D eigenvalue weighted by atomic mass is 10.1. The molecule has 0 spiro atoms. The molecule has 0 aromatic heterocycles. The topological polar surface area (TPSA) is 68.4 Å². The van der Waals surface area contributed by atoms with Crippen molar-refractivity contribution in [2.45, 2.75) is 6.92 Å². The molecule has 0 atom stereocenters. The van der Waals surface area contributed by atoms with Crippen LogP contribution in [0.5, 0.6) is 0 Å². The molecule has 7 heteroatoms.